The van der Waals surface area contributed by atoms with E-state index in [0.717, 1.165) is 13.1 Å². The first-order valence-corrected chi connectivity index (χ1v) is 8.84. The van der Waals surface area contributed by atoms with Crippen molar-refractivity contribution in [3.8, 4) is 0 Å². The van der Waals surface area contributed by atoms with Crippen molar-refractivity contribution in [3.63, 3.8) is 0 Å². The molecule has 1 saturated heterocycles. The monoisotopic (exact) mass is 362 g/mol. The number of benzene rings is 2. The molecule has 0 bridgehead atoms. The fraction of sp³-hybridized carbons (Fsp3) is 0.400. The molecule has 0 saturated carbocycles. The predicted octanol–water partition coefficient (Wildman–Crippen LogP) is 2.66. The number of piperazine rings is 1. The average Bonchev–Trinajstić information content (AvgIpc) is 2.64. The highest BCUT2D eigenvalue weighted by Gasteiger charge is 2.21. The third-order valence-corrected chi connectivity index (χ3v) is 4.56. The lowest BCUT2D eigenvalue weighted by Gasteiger charge is -2.36. The van der Waals surface area contributed by atoms with Crippen LogP contribution in [-0.2, 0) is 11.3 Å². The number of aliphatic hydroxyl groups is 1. The average molecular weight is 362 g/mol. The molecule has 4 nitrogen and oxygen atoms in total. The van der Waals surface area contributed by atoms with E-state index in [1.165, 1.54) is 12.1 Å². The summed E-state index contributed by atoms with van der Waals surface area (Å²) in [6.07, 6.45) is -0.637. The first kappa shape index (κ1) is 18.8. The zero-order chi connectivity index (χ0) is 18.4. The van der Waals surface area contributed by atoms with Crippen LogP contribution in [0.1, 0.15) is 5.56 Å². The number of nitrogens with zero attached hydrogens (tertiary/aromatic N) is 2. The molecule has 1 fully saturated rings. The topological polar surface area (TPSA) is 35.9 Å². The van der Waals surface area contributed by atoms with E-state index in [0.29, 0.717) is 30.9 Å². The van der Waals surface area contributed by atoms with E-state index in [-0.39, 0.29) is 24.8 Å². The molecule has 6 heteroatoms. The molecular weight excluding hydrogens is 338 g/mol. The summed E-state index contributed by atoms with van der Waals surface area (Å²) in [7, 11) is 0. The van der Waals surface area contributed by atoms with Gasteiger partial charge in [-0.15, -0.1) is 0 Å². The molecule has 140 valence electrons. The summed E-state index contributed by atoms with van der Waals surface area (Å²) < 4.78 is 32.8. The van der Waals surface area contributed by atoms with Gasteiger partial charge in [-0.25, -0.2) is 8.78 Å². The van der Waals surface area contributed by atoms with Crippen LogP contribution in [0.3, 0.4) is 0 Å². The van der Waals surface area contributed by atoms with Gasteiger partial charge in [0.25, 0.3) is 0 Å². The van der Waals surface area contributed by atoms with Gasteiger partial charge in [-0.2, -0.15) is 0 Å². The molecule has 2 aromatic rings. The maximum atomic E-state index is 13.9. The van der Waals surface area contributed by atoms with Crippen molar-refractivity contribution in [3.05, 3.63) is 65.7 Å². The van der Waals surface area contributed by atoms with E-state index >= 15 is 0 Å². The highest BCUT2D eigenvalue weighted by atomic mass is 19.1. The fourth-order valence-electron chi connectivity index (χ4n) is 3.15. The Balaban J connectivity index is 1.39. The van der Waals surface area contributed by atoms with Crippen LogP contribution < -0.4 is 4.90 Å². The summed E-state index contributed by atoms with van der Waals surface area (Å²) in [5, 5.41) is 10.1. The van der Waals surface area contributed by atoms with Crippen LogP contribution in [0, 0.1) is 11.6 Å². The minimum absolute atomic E-state index is 0.144. The molecule has 0 aromatic heterocycles. The van der Waals surface area contributed by atoms with Crippen LogP contribution >= 0.6 is 0 Å². The quantitative estimate of drug-likeness (QED) is 0.822. The van der Waals surface area contributed by atoms with E-state index in [4.69, 9.17) is 4.74 Å². The standard InChI is InChI=1S/C20H24F2N2O2/c21-18-6-2-1-5-16(18)14-26-15-17(25)13-23-9-11-24(12-10-23)20-8-4-3-7-19(20)22/h1-8,17,25H,9-15H2. The SMILES string of the molecule is OC(COCc1ccccc1F)CN1CCN(c2ccccc2F)CC1. The van der Waals surface area contributed by atoms with E-state index < -0.39 is 6.10 Å². The maximum absolute atomic E-state index is 13.9. The second-order valence-electron chi connectivity index (χ2n) is 6.50. The molecule has 1 aliphatic rings. The Morgan fingerprint density at radius 3 is 2.27 bits per heavy atom. The number of rotatable bonds is 7. The second kappa shape index (κ2) is 9.07. The lowest BCUT2D eigenvalue weighted by atomic mass is 10.2. The summed E-state index contributed by atoms with van der Waals surface area (Å²) in [5.41, 5.74) is 1.11. The first-order valence-electron chi connectivity index (χ1n) is 8.84. The number of hydrogen-bond acceptors (Lipinski definition) is 4. The first-order chi connectivity index (χ1) is 12.6. The van der Waals surface area contributed by atoms with E-state index in [9.17, 15) is 13.9 Å². The molecule has 1 atom stereocenters. The molecule has 26 heavy (non-hydrogen) atoms. The normalized spacial score (nSPS) is 16.7. The summed E-state index contributed by atoms with van der Waals surface area (Å²) in [4.78, 5) is 4.15. The molecular formula is C20H24F2N2O2. The number of para-hydroxylation sites is 1. The Morgan fingerprint density at radius 2 is 1.58 bits per heavy atom. The van der Waals surface area contributed by atoms with Crippen molar-refractivity contribution < 1.29 is 18.6 Å². The maximum Gasteiger partial charge on any atom is 0.146 e. The summed E-state index contributed by atoms with van der Waals surface area (Å²) >= 11 is 0. The predicted molar refractivity (Wildman–Crippen MR) is 97.1 cm³/mol. The van der Waals surface area contributed by atoms with E-state index in [2.05, 4.69) is 4.90 Å². The van der Waals surface area contributed by atoms with Crippen LogP contribution in [0.5, 0.6) is 0 Å². The van der Waals surface area contributed by atoms with Gasteiger partial charge in [-0.3, -0.25) is 4.90 Å². The zero-order valence-electron chi connectivity index (χ0n) is 14.7. The van der Waals surface area contributed by atoms with Gasteiger partial charge in [0.05, 0.1) is 25.0 Å². The van der Waals surface area contributed by atoms with Crippen molar-refractivity contribution in [1.29, 1.82) is 0 Å². The molecule has 1 unspecified atom stereocenters. The molecule has 1 aliphatic heterocycles. The highest BCUT2D eigenvalue weighted by molar-refractivity contribution is 5.47. The van der Waals surface area contributed by atoms with Gasteiger partial charge in [0.15, 0.2) is 0 Å². The van der Waals surface area contributed by atoms with Gasteiger partial charge in [-0.1, -0.05) is 30.3 Å². The molecule has 1 N–H and O–H groups in total. The van der Waals surface area contributed by atoms with Crippen LogP contribution in [-0.4, -0.2) is 55.4 Å². The van der Waals surface area contributed by atoms with Crippen molar-refractivity contribution in [2.24, 2.45) is 0 Å². The smallest absolute Gasteiger partial charge is 0.146 e. The van der Waals surface area contributed by atoms with Gasteiger partial charge in [0.2, 0.25) is 0 Å². The van der Waals surface area contributed by atoms with Crippen molar-refractivity contribution in [2.75, 3.05) is 44.2 Å². The van der Waals surface area contributed by atoms with Crippen molar-refractivity contribution >= 4 is 5.69 Å². The van der Waals surface area contributed by atoms with Crippen molar-refractivity contribution in [1.82, 2.24) is 4.90 Å². The fourth-order valence-corrected chi connectivity index (χ4v) is 3.15. The van der Waals surface area contributed by atoms with Gasteiger partial charge in [0, 0.05) is 38.3 Å². The van der Waals surface area contributed by atoms with E-state index in [1.54, 1.807) is 30.3 Å². The number of anilines is 1. The summed E-state index contributed by atoms with van der Waals surface area (Å²) in [6.45, 7) is 3.71. The van der Waals surface area contributed by atoms with Crippen LogP contribution in [0.25, 0.3) is 0 Å². The molecule has 0 radical (unpaired) electrons. The molecule has 3 rings (SSSR count). The molecule has 1 heterocycles. The Hall–Kier alpha value is -2.02. The van der Waals surface area contributed by atoms with Gasteiger partial charge >= 0.3 is 0 Å². The largest absolute Gasteiger partial charge is 0.389 e. The third-order valence-electron chi connectivity index (χ3n) is 4.56. The number of halogens is 2. The third kappa shape index (κ3) is 5.00. The Bertz CT molecular complexity index is 706. The highest BCUT2D eigenvalue weighted by Crippen LogP contribution is 2.20. The number of β-amino-alcohol motifs (C(OH)–C–C–N with tert-alkyl or cyclic N) is 1. The van der Waals surface area contributed by atoms with Crippen molar-refractivity contribution in [2.45, 2.75) is 12.7 Å². The van der Waals surface area contributed by atoms with Gasteiger partial charge in [0.1, 0.15) is 11.6 Å². The lowest BCUT2D eigenvalue weighted by molar-refractivity contribution is 0.00837. The van der Waals surface area contributed by atoms with E-state index in [1.807, 2.05) is 11.0 Å². The summed E-state index contributed by atoms with van der Waals surface area (Å²) in [5.74, 6) is -0.506. The Labute approximate surface area is 152 Å². The number of aliphatic hydroxyl groups excluding tert-OH is 1. The molecule has 0 spiro atoms. The van der Waals surface area contributed by atoms with Crippen LogP contribution in [0.4, 0.5) is 14.5 Å². The lowest BCUT2D eigenvalue weighted by Crippen LogP contribution is -2.49. The Kier molecular flexibility index (Phi) is 6.55. The second-order valence-corrected chi connectivity index (χ2v) is 6.50. The molecule has 2 aromatic carbocycles. The Morgan fingerprint density at radius 1 is 0.923 bits per heavy atom. The number of hydrogen-bond donors (Lipinski definition) is 1. The zero-order valence-corrected chi connectivity index (χ0v) is 14.7. The van der Waals surface area contributed by atoms with Gasteiger partial charge < -0.3 is 14.7 Å². The van der Waals surface area contributed by atoms with Crippen LogP contribution in [0.15, 0.2) is 48.5 Å². The van der Waals surface area contributed by atoms with Gasteiger partial charge in [-0.05, 0) is 18.2 Å². The minimum Gasteiger partial charge on any atom is -0.389 e. The minimum atomic E-state index is -0.637. The molecule has 0 aliphatic carbocycles. The molecule has 0 amide bonds. The number of ether oxygens (including phenoxy) is 1. The van der Waals surface area contributed by atoms with Crippen LogP contribution in [0.2, 0.25) is 0 Å². The summed E-state index contributed by atoms with van der Waals surface area (Å²) in [6, 6.07) is 13.2.